The van der Waals surface area contributed by atoms with Gasteiger partial charge in [0.2, 0.25) is 10.0 Å². The number of thiophene rings is 1. The van der Waals surface area contributed by atoms with Crippen LogP contribution in [0.1, 0.15) is 37.3 Å². The Labute approximate surface area is 194 Å². The first-order valence-electron chi connectivity index (χ1n) is 9.72. The van der Waals surface area contributed by atoms with Crippen molar-refractivity contribution in [1.82, 2.24) is 14.9 Å². The van der Waals surface area contributed by atoms with Crippen molar-refractivity contribution >= 4 is 51.3 Å². The number of nitrogens with zero attached hydrogens (tertiary/aromatic N) is 2. The quantitative estimate of drug-likeness (QED) is 0.314. The molecule has 0 unspecified atom stereocenters. The zero-order valence-corrected chi connectivity index (χ0v) is 20.6. The third kappa shape index (κ3) is 6.94. The van der Waals surface area contributed by atoms with Crippen LogP contribution >= 0.6 is 35.3 Å². The maximum absolute atomic E-state index is 12.7. The summed E-state index contributed by atoms with van der Waals surface area (Å²) in [5, 5.41) is 10.7. The molecule has 160 valence electrons. The van der Waals surface area contributed by atoms with E-state index >= 15 is 0 Å². The normalized spacial score (nSPS) is 15.6. The number of piperidine rings is 1. The largest absolute Gasteiger partial charge is 0.357 e. The molecule has 0 saturated carbocycles. The Bertz CT molecular complexity index is 862. The zero-order chi connectivity index (χ0) is 19.8. The van der Waals surface area contributed by atoms with E-state index in [-0.39, 0.29) is 24.0 Å². The van der Waals surface area contributed by atoms with Crippen molar-refractivity contribution in [3.63, 3.8) is 0 Å². The van der Waals surface area contributed by atoms with Crippen LogP contribution in [0.3, 0.4) is 0 Å². The lowest BCUT2D eigenvalue weighted by Gasteiger charge is -2.25. The Kier molecular flexibility index (Phi) is 9.87. The average Bonchev–Trinajstić information content (AvgIpc) is 3.25. The highest BCUT2D eigenvalue weighted by Crippen LogP contribution is 2.20. The van der Waals surface area contributed by atoms with Gasteiger partial charge in [0.1, 0.15) is 0 Å². The molecule has 0 atom stereocenters. The first kappa shape index (κ1) is 24.1. The SMILES string of the molecule is CCNC(=NCc1ccsc1)NCc1ccc(S(=O)(=O)N2CCCCC2)cc1.I. The molecule has 1 fully saturated rings. The van der Waals surface area contributed by atoms with E-state index in [1.54, 1.807) is 27.8 Å². The lowest BCUT2D eigenvalue weighted by atomic mass is 10.2. The number of rotatable bonds is 7. The number of aliphatic imine (C=N–C) groups is 1. The van der Waals surface area contributed by atoms with Crippen molar-refractivity contribution in [2.45, 2.75) is 44.2 Å². The summed E-state index contributed by atoms with van der Waals surface area (Å²) in [5.41, 5.74) is 2.20. The van der Waals surface area contributed by atoms with E-state index in [0.717, 1.165) is 37.3 Å². The van der Waals surface area contributed by atoms with Gasteiger partial charge in [0.15, 0.2) is 5.96 Å². The van der Waals surface area contributed by atoms with E-state index in [0.29, 0.717) is 31.1 Å². The van der Waals surface area contributed by atoms with Gasteiger partial charge in [0.25, 0.3) is 0 Å². The fourth-order valence-corrected chi connectivity index (χ4v) is 5.29. The minimum atomic E-state index is -3.37. The molecule has 1 aliphatic rings. The molecule has 0 bridgehead atoms. The van der Waals surface area contributed by atoms with Crippen molar-refractivity contribution in [2.24, 2.45) is 4.99 Å². The van der Waals surface area contributed by atoms with Crippen LogP contribution in [0.15, 0.2) is 51.0 Å². The van der Waals surface area contributed by atoms with Crippen LogP contribution in [0.5, 0.6) is 0 Å². The smallest absolute Gasteiger partial charge is 0.243 e. The van der Waals surface area contributed by atoms with E-state index < -0.39 is 10.0 Å². The highest BCUT2D eigenvalue weighted by molar-refractivity contribution is 14.0. The van der Waals surface area contributed by atoms with E-state index in [9.17, 15) is 8.42 Å². The van der Waals surface area contributed by atoms with Gasteiger partial charge in [-0.05, 0) is 59.9 Å². The predicted molar refractivity (Wildman–Crippen MR) is 130 cm³/mol. The average molecular weight is 549 g/mol. The van der Waals surface area contributed by atoms with Gasteiger partial charge < -0.3 is 10.6 Å². The van der Waals surface area contributed by atoms with Crippen LogP contribution in [-0.4, -0.2) is 38.3 Å². The van der Waals surface area contributed by atoms with Crippen LogP contribution < -0.4 is 10.6 Å². The molecule has 2 heterocycles. The summed E-state index contributed by atoms with van der Waals surface area (Å²) in [6.45, 7) is 5.27. The number of hydrogen-bond acceptors (Lipinski definition) is 4. The second-order valence-corrected chi connectivity index (χ2v) is 9.51. The molecule has 3 rings (SSSR count). The first-order valence-corrected chi connectivity index (χ1v) is 12.1. The van der Waals surface area contributed by atoms with Gasteiger partial charge in [0.05, 0.1) is 11.4 Å². The van der Waals surface area contributed by atoms with Gasteiger partial charge in [-0.3, -0.25) is 0 Å². The molecule has 29 heavy (non-hydrogen) atoms. The molecule has 1 aromatic heterocycles. The van der Waals surface area contributed by atoms with Crippen LogP contribution in [0.2, 0.25) is 0 Å². The van der Waals surface area contributed by atoms with Crippen LogP contribution in [0.25, 0.3) is 0 Å². The molecule has 1 aromatic carbocycles. The molecule has 0 spiro atoms. The second-order valence-electron chi connectivity index (χ2n) is 6.79. The summed E-state index contributed by atoms with van der Waals surface area (Å²) < 4.78 is 27.1. The molecular weight excluding hydrogens is 519 g/mol. The molecule has 6 nitrogen and oxygen atoms in total. The summed E-state index contributed by atoms with van der Waals surface area (Å²) >= 11 is 1.67. The molecule has 1 saturated heterocycles. The van der Waals surface area contributed by atoms with Gasteiger partial charge in [-0.15, -0.1) is 24.0 Å². The predicted octanol–water partition coefficient (Wildman–Crippen LogP) is 3.80. The second kappa shape index (κ2) is 11.9. The van der Waals surface area contributed by atoms with E-state index in [4.69, 9.17) is 0 Å². The first-order chi connectivity index (χ1) is 13.6. The Hall–Kier alpha value is -1.17. The maximum atomic E-state index is 12.7. The van der Waals surface area contributed by atoms with Gasteiger partial charge in [-0.2, -0.15) is 15.6 Å². The molecule has 0 aliphatic carbocycles. The molecule has 9 heteroatoms. The van der Waals surface area contributed by atoms with Crippen molar-refractivity contribution in [3.05, 3.63) is 52.2 Å². The summed E-state index contributed by atoms with van der Waals surface area (Å²) in [7, 11) is -3.37. The Morgan fingerprint density at radius 3 is 2.41 bits per heavy atom. The topological polar surface area (TPSA) is 73.8 Å². The van der Waals surface area contributed by atoms with Crippen molar-refractivity contribution in [3.8, 4) is 0 Å². The van der Waals surface area contributed by atoms with Crippen LogP contribution in [0, 0.1) is 0 Å². The number of sulfonamides is 1. The van der Waals surface area contributed by atoms with Crippen LogP contribution in [0.4, 0.5) is 0 Å². The zero-order valence-electron chi connectivity index (χ0n) is 16.6. The van der Waals surface area contributed by atoms with Gasteiger partial charge >= 0.3 is 0 Å². The summed E-state index contributed by atoms with van der Waals surface area (Å²) in [6, 6.07) is 9.21. The minimum Gasteiger partial charge on any atom is -0.357 e. The monoisotopic (exact) mass is 548 g/mol. The fourth-order valence-electron chi connectivity index (χ4n) is 3.11. The van der Waals surface area contributed by atoms with E-state index in [1.807, 2.05) is 24.4 Å². The van der Waals surface area contributed by atoms with Crippen molar-refractivity contribution in [1.29, 1.82) is 0 Å². The summed E-state index contributed by atoms with van der Waals surface area (Å²) in [5.74, 6) is 0.749. The highest BCUT2D eigenvalue weighted by atomic mass is 127. The number of hydrogen-bond donors (Lipinski definition) is 2. The maximum Gasteiger partial charge on any atom is 0.243 e. The highest BCUT2D eigenvalue weighted by Gasteiger charge is 2.25. The molecule has 0 radical (unpaired) electrons. The van der Waals surface area contributed by atoms with Gasteiger partial charge in [0, 0.05) is 26.2 Å². The standard InChI is InChI=1S/C20H28N4O2S2.HI/c1-2-21-20(23-15-18-10-13-27-16-18)22-14-17-6-8-19(9-7-17)28(25,26)24-11-4-3-5-12-24;/h6-10,13,16H,2-5,11-12,14-15H2,1H3,(H2,21,22,23);1H. The Morgan fingerprint density at radius 1 is 1.07 bits per heavy atom. The number of guanidine groups is 1. The lowest BCUT2D eigenvalue weighted by molar-refractivity contribution is 0.346. The summed E-state index contributed by atoms with van der Waals surface area (Å²) in [6.07, 6.45) is 3.00. The molecule has 0 amide bonds. The van der Waals surface area contributed by atoms with Gasteiger partial charge in [-0.25, -0.2) is 13.4 Å². The molecule has 1 aliphatic heterocycles. The fraction of sp³-hybridized carbons (Fsp3) is 0.450. The van der Waals surface area contributed by atoms with Crippen molar-refractivity contribution in [2.75, 3.05) is 19.6 Å². The third-order valence-corrected chi connectivity index (χ3v) is 7.33. The minimum absolute atomic E-state index is 0. The van der Waals surface area contributed by atoms with E-state index in [2.05, 4.69) is 27.1 Å². The number of halogens is 1. The molecule has 2 aromatic rings. The summed E-state index contributed by atoms with van der Waals surface area (Å²) in [4.78, 5) is 4.96. The Morgan fingerprint density at radius 2 is 1.79 bits per heavy atom. The van der Waals surface area contributed by atoms with E-state index in [1.165, 1.54) is 5.56 Å². The number of nitrogens with one attached hydrogen (secondary N) is 2. The lowest BCUT2D eigenvalue weighted by Crippen LogP contribution is -2.37. The number of benzene rings is 1. The van der Waals surface area contributed by atoms with Gasteiger partial charge in [-0.1, -0.05) is 18.6 Å². The third-order valence-electron chi connectivity index (χ3n) is 4.68. The van der Waals surface area contributed by atoms with Crippen LogP contribution in [-0.2, 0) is 23.1 Å². The van der Waals surface area contributed by atoms with Crippen molar-refractivity contribution < 1.29 is 8.42 Å². The Balaban J connectivity index is 0.00000300. The molecular formula is C20H29IN4O2S2. The molecule has 2 N–H and O–H groups in total.